The van der Waals surface area contributed by atoms with Crippen LogP contribution in [0.15, 0.2) is 39.4 Å². The van der Waals surface area contributed by atoms with Gasteiger partial charge in [-0.2, -0.15) is 13.2 Å². The number of alkyl halides is 3. The van der Waals surface area contributed by atoms with E-state index >= 15 is 0 Å². The van der Waals surface area contributed by atoms with Crippen LogP contribution in [0.3, 0.4) is 0 Å². The van der Waals surface area contributed by atoms with Crippen LogP contribution in [0.2, 0.25) is 0 Å². The molecule has 0 aliphatic carbocycles. The Labute approximate surface area is 121 Å². The van der Waals surface area contributed by atoms with Gasteiger partial charge in [0.15, 0.2) is 4.67 Å². The van der Waals surface area contributed by atoms with Crippen molar-refractivity contribution >= 4 is 21.6 Å². The van der Waals surface area contributed by atoms with Crippen LogP contribution in [-0.2, 0) is 12.7 Å². The van der Waals surface area contributed by atoms with E-state index in [4.69, 9.17) is 9.15 Å². The summed E-state index contributed by atoms with van der Waals surface area (Å²) in [6.45, 7) is 0.154. The largest absolute Gasteiger partial charge is 0.497 e. The highest BCUT2D eigenvalue weighted by Crippen LogP contribution is 2.37. The Morgan fingerprint density at radius 3 is 2.55 bits per heavy atom. The molecular formula is C13H11BrF3NO2. The summed E-state index contributed by atoms with van der Waals surface area (Å²) in [7, 11) is 1.32. The summed E-state index contributed by atoms with van der Waals surface area (Å²) in [4.78, 5) is 0. The lowest BCUT2D eigenvalue weighted by Gasteiger charge is -2.15. The monoisotopic (exact) mass is 349 g/mol. The van der Waals surface area contributed by atoms with E-state index < -0.39 is 11.7 Å². The van der Waals surface area contributed by atoms with Gasteiger partial charge in [-0.25, -0.2) is 0 Å². The molecule has 1 aromatic heterocycles. The Balaban J connectivity index is 2.22. The van der Waals surface area contributed by atoms with Crippen LogP contribution in [0.25, 0.3) is 0 Å². The number of hydrogen-bond donors (Lipinski definition) is 1. The number of rotatable bonds is 4. The average Bonchev–Trinajstić information content (AvgIpc) is 2.81. The summed E-state index contributed by atoms with van der Waals surface area (Å²) >= 11 is 3.13. The van der Waals surface area contributed by atoms with Crippen LogP contribution < -0.4 is 10.1 Å². The predicted octanol–water partition coefficient (Wildman–Crippen LogP) is 4.68. The molecule has 0 amide bonds. The van der Waals surface area contributed by atoms with Crippen LogP contribution in [0, 0.1) is 0 Å². The number of ether oxygens (including phenoxy) is 1. The summed E-state index contributed by atoms with van der Waals surface area (Å²) in [6, 6.07) is 7.11. The van der Waals surface area contributed by atoms with Crippen LogP contribution in [0.1, 0.15) is 11.3 Å². The molecule has 2 rings (SSSR count). The van der Waals surface area contributed by atoms with Crippen LogP contribution in [0.5, 0.6) is 5.75 Å². The Hall–Kier alpha value is -1.63. The fourth-order valence-corrected chi connectivity index (χ4v) is 2.01. The molecule has 20 heavy (non-hydrogen) atoms. The third kappa shape index (κ3) is 3.47. The molecule has 0 aliphatic heterocycles. The van der Waals surface area contributed by atoms with Gasteiger partial charge in [-0.1, -0.05) is 0 Å². The van der Waals surface area contributed by atoms with E-state index in [9.17, 15) is 13.2 Å². The molecule has 7 heteroatoms. The number of methoxy groups -OCH3 is 1. The first kappa shape index (κ1) is 14.8. The third-order valence-electron chi connectivity index (χ3n) is 2.61. The van der Waals surface area contributed by atoms with Gasteiger partial charge in [0.25, 0.3) is 0 Å². The molecule has 0 unspecified atom stereocenters. The van der Waals surface area contributed by atoms with Gasteiger partial charge in [-0.3, -0.25) is 0 Å². The molecule has 1 N–H and O–H groups in total. The molecule has 0 saturated carbocycles. The number of halogens is 4. The molecule has 1 aromatic carbocycles. The maximum Gasteiger partial charge on any atom is 0.418 e. The first-order valence-electron chi connectivity index (χ1n) is 5.63. The fraction of sp³-hybridized carbons (Fsp3) is 0.231. The van der Waals surface area contributed by atoms with Crippen LogP contribution in [-0.4, -0.2) is 7.11 Å². The Morgan fingerprint density at radius 1 is 1.25 bits per heavy atom. The maximum atomic E-state index is 13.0. The van der Waals surface area contributed by atoms with Crippen molar-refractivity contribution in [3.05, 3.63) is 46.3 Å². The topological polar surface area (TPSA) is 34.4 Å². The van der Waals surface area contributed by atoms with Crippen LogP contribution >= 0.6 is 15.9 Å². The summed E-state index contributed by atoms with van der Waals surface area (Å²) in [5, 5.41) is 2.71. The van der Waals surface area contributed by atoms with Gasteiger partial charge in [0.05, 0.1) is 19.2 Å². The average molecular weight is 350 g/mol. The lowest BCUT2D eigenvalue weighted by molar-refractivity contribution is -0.137. The molecule has 0 atom stereocenters. The van der Waals surface area contributed by atoms with E-state index in [-0.39, 0.29) is 18.0 Å². The summed E-state index contributed by atoms with van der Waals surface area (Å²) in [6.07, 6.45) is -4.46. The number of anilines is 1. The lowest BCUT2D eigenvalue weighted by Crippen LogP contribution is -2.11. The molecule has 108 valence electrons. The highest BCUT2D eigenvalue weighted by molar-refractivity contribution is 9.10. The standard InChI is InChI=1S/C13H11BrF3NO2/c1-19-8-2-4-11(10(6-8)13(15,16)17)18-7-9-3-5-12(14)20-9/h2-6,18H,7H2,1H3. The maximum absolute atomic E-state index is 13.0. The van der Waals surface area contributed by atoms with Crippen molar-refractivity contribution in [2.75, 3.05) is 12.4 Å². The first-order chi connectivity index (χ1) is 9.40. The van der Waals surface area contributed by atoms with Crippen molar-refractivity contribution in [2.24, 2.45) is 0 Å². The highest BCUT2D eigenvalue weighted by Gasteiger charge is 2.34. The predicted molar refractivity (Wildman–Crippen MR) is 71.7 cm³/mol. The van der Waals surface area contributed by atoms with E-state index in [1.54, 1.807) is 12.1 Å². The molecular weight excluding hydrogens is 339 g/mol. The number of furan rings is 1. The molecule has 0 aliphatic rings. The van der Waals surface area contributed by atoms with Gasteiger partial charge in [0.2, 0.25) is 0 Å². The van der Waals surface area contributed by atoms with E-state index in [2.05, 4.69) is 21.2 Å². The number of benzene rings is 1. The summed E-state index contributed by atoms with van der Waals surface area (Å²) < 4.78 is 49.5. The van der Waals surface area contributed by atoms with E-state index in [0.717, 1.165) is 6.07 Å². The second-order valence-corrected chi connectivity index (χ2v) is 4.75. The third-order valence-corrected chi connectivity index (χ3v) is 3.04. The number of nitrogens with one attached hydrogen (secondary N) is 1. The number of hydrogen-bond acceptors (Lipinski definition) is 3. The first-order valence-corrected chi connectivity index (χ1v) is 6.43. The summed E-state index contributed by atoms with van der Waals surface area (Å²) in [5.74, 6) is 0.685. The lowest BCUT2D eigenvalue weighted by atomic mass is 10.1. The second-order valence-electron chi connectivity index (χ2n) is 3.97. The van der Waals surface area contributed by atoms with Gasteiger partial charge in [-0.05, 0) is 46.3 Å². The van der Waals surface area contributed by atoms with Gasteiger partial charge in [-0.15, -0.1) is 0 Å². The Morgan fingerprint density at radius 2 is 2.00 bits per heavy atom. The molecule has 0 spiro atoms. The fourth-order valence-electron chi connectivity index (χ4n) is 1.67. The van der Waals surface area contributed by atoms with Crippen LogP contribution in [0.4, 0.5) is 18.9 Å². The molecule has 0 radical (unpaired) electrons. The molecule has 2 aromatic rings. The SMILES string of the molecule is COc1ccc(NCc2ccc(Br)o2)c(C(F)(F)F)c1. The van der Waals surface area contributed by atoms with Crippen molar-refractivity contribution in [2.45, 2.75) is 12.7 Å². The molecule has 0 fully saturated rings. The van der Waals surface area contributed by atoms with E-state index in [1.165, 1.54) is 19.2 Å². The van der Waals surface area contributed by atoms with Gasteiger partial charge < -0.3 is 14.5 Å². The summed E-state index contributed by atoms with van der Waals surface area (Å²) in [5.41, 5.74) is -0.798. The van der Waals surface area contributed by atoms with Crippen molar-refractivity contribution in [1.82, 2.24) is 0 Å². The van der Waals surface area contributed by atoms with Gasteiger partial charge >= 0.3 is 6.18 Å². The van der Waals surface area contributed by atoms with Crippen molar-refractivity contribution in [3.63, 3.8) is 0 Å². The van der Waals surface area contributed by atoms with E-state index in [0.29, 0.717) is 10.4 Å². The van der Waals surface area contributed by atoms with Crippen molar-refractivity contribution in [3.8, 4) is 5.75 Å². The van der Waals surface area contributed by atoms with Gasteiger partial charge in [0.1, 0.15) is 11.5 Å². The zero-order valence-electron chi connectivity index (χ0n) is 10.4. The molecule has 1 heterocycles. The minimum Gasteiger partial charge on any atom is -0.497 e. The zero-order chi connectivity index (χ0) is 14.8. The van der Waals surface area contributed by atoms with Gasteiger partial charge in [0, 0.05) is 5.69 Å². The van der Waals surface area contributed by atoms with Crippen molar-refractivity contribution in [1.29, 1.82) is 0 Å². The molecule has 0 bridgehead atoms. The Bertz CT molecular complexity index is 596. The van der Waals surface area contributed by atoms with E-state index in [1.807, 2.05) is 0 Å². The normalized spacial score (nSPS) is 11.4. The smallest absolute Gasteiger partial charge is 0.418 e. The molecule has 0 saturated heterocycles. The minimum atomic E-state index is -4.46. The quantitative estimate of drug-likeness (QED) is 0.869. The highest BCUT2D eigenvalue weighted by atomic mass is 79.9. The zero-order valence-corrected chi connectivity index (χ0v) is 12.0. The second kappa shape index (κ2) is 5.78. The Kier molecular flexibility index (Phi) is 4.27. The molecule has 3 nitrogen and oxygen atoms in total. The van der Waals surface area contributed by atoms with Crippen molar-refractivity contribution < 1.29 is 22.3 Å². The minimum absolute atomic E-state index is 0.0224.